The fourth-order valence-corrected chi connectivity index (χ4v) is 3.53. The van der Waals surface area contributed by atoms with E-state index in [-0.39, 0.29) is 0 Å². The van der Waals surface area contributed by atoms with Gasteiger partial charge in [0.1, 0.15) is 5.78 Å². The summed E-state index contributed by atoms with van der Waals surface area (Å²) < 4.78 is 1.91. The van der Waals surface area contributed by atoms with E-state index in [1.165, 1.54) is 24.1 Å². The third kappa shape index (κ3) is 1.99. The molecule has 4 nitrogen and oxygen atoms in total. The Labute approximate surface area is 108 Å². The first kappa shape index (κ1) is 11.9. The van der Waals surface area contributed by atoms with Gasteiger partial charge in [-0.05, 0) is 19.3 Å². The highest BCUT2D eigenvalue weighted by Crippen LogP contribution is 2.35. The number of Topliss-reactive ketones (excluding diaryl/α,β-unsaturated/α-hetero) is 1. The van der Waals surface area contributed by atoms with Crippen LogP contribution in [0.2, 0.25) is 0 Å². The largest absolute Gasteiger partial charge is 0.300 e. The summed E-state index contributed by atoms with van der Waals surface area (Å²) in [4.78, 5) is 14.1. The van der Waals surface area contributed by atoms with Crippen LogP contribution in [0.4, 0.5) is 0 Å². The van der Waals surface area contributed by atoms with Crippen LogP contribution in [-0.4, -0.2) is 32.5 Å². The van der Waals surface area contributed by atoms with Crippen LogP contribution < -0.4 is 0 Å². The van der Waals surface area contributed by atoms with Gasteiger partial charge in [0.25, 0.3) is 0 Å². The van der Waals surface area contributed by atoms with Gasteiger partial charge in [0.2, 0.25) is 0 Å². The number of hydrogen-bond donors (Lipinski definition) is 0. The fraction of sp³-hybridized carbons (Fsp3) is 0.714. The molecule has 0 radical (unpaired) electrons. The standard InChI is InChI=1S/C14H21N3O/c1-3-14-10(8-16(2)15-14)9-17-11-4-5-12(17)7-13(18)6-11/h8,11-12H,3-7,9H2,1-2H3. The monoisotopic (exact) mass is 247 g/mol. The average molecular weight is 247 g/mol. The summed E-state index contributed by atoms with van der Waals surface area (Å²) >= 11 is 0. The molecular formula is C14H21N3O. The highest BCUT2D eigenvalue weighted by atomic mass is 16.1. The number of aromatic nitrogens is 2. The molecule has 2 aliphatic rings. The quantitative estimate of drug-likeness (QED) is 0.815. The number of aryl methyl sites for hydroxylation is 2. The van der Waals surface area contributed by atoms with Gasteiger partial charge in [-0.15, -0.1) is 0 Å². The molecule has 18 heavy (non-hydrogen) atoms. The van der Waals surface area contributed by atoms with Crippen molar-refractivity contribution in [3.63, 3.8) is 0 Å². The molecule has 0 aliphatic carbocycles. The van der Waals surface area contributed by atoms with Crippen LogP contribution in [-0.2, 0) is 24.8 Å². The van der Waals surface area contributed by atoms with E-state index in [0.717, 1.165) is 25.8 Å². The third-order valence-corrected chi connectivity index (χ3v) is 4.38. The molecular weight excluding hydrogens is 226 g/mol. The van der Waals surface area contributed by atoms with Crippen LogP contribution in [0.15, 0.2) is 6.20 Å². The van der Waals surface area contributed by atoms with E-state index in [9.17, 15) is 4.79 Å². The predicted octanol–water partition coefficient (Wildman–Crippen LogP) is 1.68. The van der Waals surface area contributed by atoms with Gasteiger partial charge in [-0.3, -0.25) is 14.4 Å². The van der Waals surface area contributed by atoms with E-state index < -0.39 is 0 Å². The van der Waals surface area contributed by atoms with Gasteiger partial charge in [-0.25, -0.2) is 0 Å². The molecule has 2 aliphatic heterocycles. The molecule has 1 aromatic heterocycles. The Bertz CT molecular complexity index is 450. The molecule has 0 saturated carbocycles. The lowest BCUT2D eigenvalue weighted by atomic mass is 10.0. The van der Waals surface area contributed by atoms with E-state index in [1.54, 1.807) is 0 Å². The second-order valence-corrected chi connectivity index (χ2v) is 5.63. The van der Waals surface area contributed by atoms with Gasteiger partial charge in [-0.1, -0.05) is 6.92 Å². The molecule has 4 heteroatoms. The smallest absolute Gasteiger partial charge is 0.136 e. The molecule has 0 N–H and O–H groups in total. The molecule has 3 rings (SSSR count). The Kier molecular flexibility index (Phi) is 2.98. The van der Waals surface area contributed by atoms with Crippen LogP contribution in [0.3, 0.4) is 0 Å². The lowest BCUT2D eigenvalue weighted by Crippen LogP contribution is -2.42. The van der Waals surface area contributed by atoms with Crippen molar-refractivity contribution in [2.24, 2.45) is 7.05 Å². The maximum atomic E-state index is 11.6. The first-order chi connectivity index (χ1) is 8.67. The number of rotatable bonds is 3. The number of hydrogen-bond acceptors (Lipinski definition) is 3. The molecule has 3 heterocycles. The zero-order chi connectivity index (χ0) is 12.7. The first-order valence-corrected chi connectivity index (χ1v) is 6.96. The molecule has 2 unspecified atom stereocenters. The van der Waals surface area contributed by atoms with Crippen LogP contribution in [0.25, 0.3) is 0 Å². The molecule has 0 spiro atoms. The second-order valence-electron chi connectivity index (χ2n) is 5.63. The van der Waals surface area contributed by atoms with Crippen molar-refractivity contribution >= 4 is 5.78 Å². The number of fused-ring (bicyclic) bond motifs is 2. The highest BCUT2D eigenvalue weighted by Gasteiger charge is 2.40. The summed E-state index contributed by atoms with van der Waals surface area (Å²) in [5, 5.41) is 4.50. The van der Waals surface area contributed by atoms with Crippen molar-refractivity contribution in [3.05, 3.63) is 17.5 Å². The minimum atomic E-state index is 0.459. The summed E-state index contributed by atoms with van der Waals surface area (Å²) in [6.07, 6.45) is 7.03. The van der Waals surface area contributed by atoms with Gasteiger partial charge < -0.3 is 0 Å². The molecule has 0 aromatic carbocycles. The first-order valence-electron chi connectivity index (χ1n) is 6.96. The van der Waals surface area contributed by atoms with Crippen LogP contribution in [0.5, 0.6) is 0 Å². The van der Waals surface area contributed by atoms with Crippen LogP contribution in [0, 0.1) is 0 Å². The normalized spacial score (nSPS) is 28.0. The third-order valence-electron chi connectivity index (χ3n) is 4.38. The van der Waals surface area contributed by atoms with E-state index in [0.29, 0.717) is 17.9 Å². The van der Waals surface area contributed by atoms with E-state index >= 15 is 0 Å². The number of nitrogens with zero attached hydrogens (tertiary/aromatic N) is 3. The fourth-order valence-electron chi connectivity index (χ4n) is 3.53. The van der Waals surface area contributed by atoms with Crippen LogP contribution >= 0.6 is 0 Å². The van der Waals surface area contributed by atoms with Crippen molar-refractivity contribution in [1.29, 1.82) is 0 Å². The van der Waals surface area contributed by atoms with Crippen molar-refractivity contribution in [3.8, 4) is 0 Å². The molecule has 2 atom stereocenters. The zero-order valence-corrected chi connectivity index (χ0v) is 11.2. The SMILES string of the molecule is CCc1nn(C)cc1CN1C2CCC1CC(=O)C2. The van der Waals surface area contributed by atoms with Gasteiger partial charge in [-0.2, -0.15) is 5.10 Å². The minimum absolute atomic E-state index is 0.459. The average Bonchev–Trinajstić information content (AvgIpc) is 2.79. The lowest BCUT2D eigenvalue weighted by Gasteiger charge is -2.33. The van der Waals surface area contributed by atoms with Gasteiger partial charge >= 0.3 is 0 Å². The molecule has 2 fully saturated rings. The number of piperidine rings is 1. The topological polar surface area (TPSA) is 38.1 Å². The van der Waals surface area contributed by atoms with Crippen LogP contribution in [0.1, 0.15) is 43.9 Å². The van der Waals surface area contributed by atoms with Crippen molar-refractivity contribution in [2.75, 3.05) is 0 Å². The van der Waals surface area contributed by atoms with E-state index in [1.807, 2.05) is 11.7 Å². The molecule has 2 saturated heterocycles. The Morgan fingerprint density at radius 1 is 1.33 bits per heavy atom. The summed E-state index contributed by atoms with van der Waals surface area (Å²) in [6, 6.07) is 0.974. The minimum Gasteiger partial charge on any atom is -0.300 e. The molecule has 0 amide bonds. The van der Waals surface area contributed by atoms with E-state index in [4.69, 9.17) is 0 Å². The Morgan fingerprint density at radius 2 is 2.00 bits per heavy atom. The Balaban J connectivity index is 1.78. The number of carbonyl (C=O) groups excluding carboxylic acids is 1. The number of ketones is 1. The summed E-state index contributed by atoms with van der Waals surface area (Å²) in [7, 11) is 1.98. The highest BCUT2D eigenvalue weighted by molar-refractivity contribution is 5.80. The van der Waals surface area contributed by atoms with Crippen molar-refractivity contribution in [2.45, 2.75) is 57.7 Å². The van der Waals surface area contributed by atoms with Gasteiger partial charge in [0, 0.05) is 50.3 Å². The number of carbonyl (C=O) groups is 1. The van der Waals surface area contributed by atoms with Gasteiger partial charge in [0.05, 0.1) is 5.69 Å². The maximum absolute atomic E-state index is 11.6. The molecule has 1 aromatic rings. The molecule has 98 valence electrons. The summed E-state index contributed by atoms with van der Waals surface area (Å²) in [6.45, 7) is 3.12. The lowest BCUT2D eigenvalue weighted by molar-refractivity contribution is -0.123. The Hall–Kier alpha value is -1.16. The van der Waals surface area contributed by atoms with Gasteiger partial charge in [0.15, 0.2) is 0 Å². The Morgan fingerprint density at radius 3 is 2.61 bits per heavy atom. The zero-order valence-electron chi connectivity index (χ0n) is 11.2. The molecule has 2 bridgehead atoms. The van der Waals surface area contributed by atoms with E-state index in [2.05, 4.69) is 23.1 Å². The van der Waals surface area contributed by atoms with Crippen molar-refractivity contribution < 1.29 is 4.79 Å². The maximum Gasteiger partial charge on any atom is 0.136 e. The predicted molar refractivity (Wildman–Crippen MR) is 69.2 cm³/mol. The summed E-state index contributed by atoms with van der Waals surface area (Å²) in [5.41, 5.74) is 2.54. The second kappa shape index (κ2) is 4.50. The summed E-state index contributed by atoms with van der Waals surface area (Å²) in [5.74, 6) is 0.459. The van der Waals surface area contributed by atoms with Crippen molar-refractivity contribution in [1.82, 2.24) is 14.7 Å².